The Morgan fingerprint density at radius 3 is 1.54 bits per heavy atom. The van der Waals surface area contributed by atoms with Crippen molar-refractivity contribution in [2.75, 3.05) is 0 Å². The molecule has 0 atom stereocenters. The molecular formula is C20H18O15. The highest BCUT2D eigenvalue weighted by atomic mass is 16.7. The maximum Gasteiger partial charge on any atom is 0.371 e. The minimum absolute atomic E-state index is 0.0391. The molecule has 0 aliphatic heterocycles. The normalized spacial score (nSPS) is 9.09. The molecule has 4 N–H and O–H groups in total. The second-order valence-electron chi connectivity index (χ2n) is 5.71. The molecule has 15 nitrogen and oxygen atoms in total. The van der Waals surface area contributed by atoms with E-state index in [0.29, 0.717) is 17.8 Å². The van der Waals surface area contributed by atoms with E-state index in [0.717, 1.165) is 12.1 Å². The van der Waals surface area contributed by atoms with E-state index in [1.54, 1.807) is 6.07 Å². The molecule has 3 rings (SSSR count). The summed E-state index contributed by atoms with van der Waals surface area (Å²) in [5.74, 6) is -4.08. The summed E-state index contributed by atoms with van der Waals surface area (Å²) in [6, 6.07) is 8.01. The van der Waals surface area contributed by atoms with Gasteiger partial charge in [-0.25, -0.2) is 14.4 Å². The summed E-state index contributed by atoms with van der Waals surface area (Å²) in [6.45, 7) is 1.07. The number of carboxylic acids is 3. The molecule has 0 spiro atoms. The predicted octanol–water partition coefficient (Wildman–Crippen LogP) is 2.37. The van der Waals surface area contributed by atoms with Crippen LogP contribution in [-0.4, -0.2) is 50.6 Å². The second-order valence-corrected chi connectivity index (χ2v) is 5.71. The fourth-order valence-electron chi connectivity index (χ4n) is 1.85. The van der Waals surface area contributed by atoms with E-state index in [4.69, 9.17) is 39.2 Å². The Morgan fingerprint density at radius 2 is 1.23 bits per heavy atom. The number of carboxylic acid groups (broad SMARTS) is 3. The van der Waals surface area contributed by atoms with Crippen LogP contribution < -0.4 is 0 Å². The van der Waals surface area contributed by atoms with Gasteiger partial charge in [-0.1, -0.05) is 0 Å². The second kappa shape index (κ2) is 15.7. The summed E-state index contributed by atoms with van der Waals surface area (Å²) in [4.78, 5) is 65.0. The molecule has 3 heterocycles. The number of ether oxygens (including phenoxy) is 1. The smallest absolute Gasteiger partial charge is 0.371 e. The number of aromatic carboxylic acids is 3. The van der Waals surface area contributed by atoms with Crippen LogP contribution in [0.1, 0.15) is 60.7 Å². The first-order valence-corrected chi connectivity index (χ1v) is 8.90. The van der Waals surface area contributed by atoms with E-state index in [-0.39, 0.29) is 36.3 Å². The van der Waals surface area contributed by atoms with Crippen LogP contribution in [0, 0.1) is 9.93 Å². The van der Waals surface area contributed by atoms with Crippen molar-refractivity contribution in [1.82, 2.24) is 0 Å². The first-order valence-electron chi connectivity index (χ1n) is 8.90. The first-order chi connectivity index (χ1) is 16.6. The molecule has 188 valence electrons. The van der Waals surface area contributed by atoms with Crippen LogP contribution in [0.15, 0.2) is 49.6 Å². The summed E-state index contributed by atoms with van der Waals surface area (Å²) in [6.07, 6.45) is 0.596. The lowest BCUT2D eigenvalue weighted by Crippen LogP contribution is -1.97. The maximum absolute atomic E-state index is 10.4. The topological polar surface area (TPSA) is 249 Å². The number of carbonyl (C=O) groups is 5. The predicted molar refractivity (Wildman–Crippen MR) is 111 cm³/mol. The highest BCUT2D eigenvalue weighted by molar-refractivity contribution is 5.89. The minimum atomic E-state index is -1.28. The molecule has 0 saturated heterocycles. The van der Waals surface area contributed by atoms with E-state index in [2.05, 4.69) is 9.15 Å². The Kier molecular flexibility index (Phi) is 13.4. The van der Waals surface area contributed by atoms with Gasteiger partial charge in [-0.05, 0) is 36.4 Å². The molecule has 0 fully saturated rings. The van der Waals surface area contributed by atoms with Crippen LogP contribution in [-0.2, 0) is 22.7 Å². The quantitative estimate of drug-likeness (QED) is 0.269. The zero-order valence-corrected chi connectivity index (χ0v) is 17.7. The van der Waals surface area contributed by atoms with Gasteiger partial charge in [0, 0.05) is 16.9 Å². The zero-order valence-electron chi connectivity index (χ0n) is 17.7. The highest BCUT2D eigenvalue weighted by Gasteiger charge is 2.12. The average molecular weight is 498 g/mol. The number of hydrogen-bond acceptors (Lipinski definition) is 12. The van der Waals surface area contributed by atoms with E-state index in [9.17, 15) is 24.0 Å². The van der Waals surface area contributed by atoms with Crippen molar-refractivity contribution in [3.05, 3.63) is 80.9 Å². The minimum Gasteiger partial charge on any atom is -0.475 e. The Morgan fingerprint density at radius 1 is 0.771 bits per heavy atom. The Labute approximate surface area is 194 Å². The van der Waals surface area contributed by atoms with Gasteiger partial charge in [0.15, 0.2) is 12.0 Å². The fraction of sp³-hybridized carbons (Fsp3) is 0.150. The van der Waals surface area contributed by atoms with Crippen molar-refractivity contribution in [3.8, 4) is 0 Å². The van der Waals surface area contributed by atoms with Crippen LogP contribution in [0.3, 0.4) is 0 Å². The number of aliphatic hydroxyl groups excluding tert-OH is 1. The van der Waals surface area contributed by atoms with E-state index in [1.807, 2.05) is 0 Å². The standard InChI is InChI=1S/C8H8O5.C6H4O5.C6H6O3.O2/c1-5(9)12-4-6-2-3-7(13-6)8(10)11;7-5(8)3-1-2-4(11-3)6(9)10;7-3-5-1-2-6(4-8)9-5;1-2/h2-3H,4H2,1H3,(H,10,11);1-2H,(H,7,8)(H,9,10);1-3,8H,4H2;. The molecule has 3 aromatic heterocycles. The van der Waals surface area contributed by atoms with Crippen molar-refractivity contribution in [1.29, 1.82) is 0 Å². The zero-order chi connectivity index (χ0) is 27.0. The van der Waals surface area contributed by atoms with Crippen molar-refractivity contribution >= 4 is 30.2 Å². The van der Waals surface area contributed by atoms with Gasteiger partial charge in [-0.3, -0.25) is 9.59 Å². The summed E-state index contributed by atoms with van der Waals surface area (Å²) >= 11 is 0. The van der Waals surface area contributed by atoms with E-state index < -0.39 is 23.9 Å². The Bertz CT molecular complexity index is 1090. The molecule has 35 heavy (non-hydrogen) atoms. The van der Waals surface area contributed by atoms with Crippen molar-refractivity contribution in [3.63, 3.8) is 0 Å². The van der Waals surface area contributed by atoms with Crippen molar-refractivity contribution < 1.29 is 62.4 Å². The summed E-state index contributed by atoms with van der Waals surface area (Å²) < 4.78 is 18.6. The molecule has 0 aromatic carbocycles. The number of furan rings is 3. The molecule has 0 aliphatic rings. The molecule has 0 aliphatic carbocycles. The Balaban J connectivity index is 0.000000485. The van der Waals surface area contributed by atoms with Crippen LogP contribution in [0.2, 0.25) is 0 Å². The number of aliphatic hydroxyl groups is 1. The van der Waals surface area contributed by atoms with Gasteiger partial charge in [0.25, 0.3) is 0 Å². The summed E-state index contributed by atoms with van der Waals surface area (Å²) in [5.41, 5.74) is 0. The molecule has 0 unspecified atom stereocenters. The molecule has 15 heteroatoms. The third-order valence-electron chi connectivity index (χ3n) is 3.27. The lowest BCUT2D eigenvalue weighted by molar-refractivity contribution is -0.142. The maximum atomic E-state index is 10.4. The van der Waals surface area contributed by atoms with Gasteiger partial charge in [-0.15, -0.1) is 0 Å². The summed E-state index contributed by atoms with van der Waals surface area (Å²) in [7, 11) is 0. The lowest BCUT2D eigenvalue weighted by Gasteiger charge is -1.96. The van der Waals surface area contributed by atoms with Crippen molar-refractivity contribution in [2.45, 2.75) is 20.1 Å². The molecular weight excluding hydrogens is 480 g/mol. The van der Waals surface area contributed by atoms with Gasteiger partial charge < -0.3 is 38.4 Å². The SMILES string of the molecule is CC(=O)OCc1ccc(C(=O)O)o1.O=C(O)c1ccc(C(=O)O)o1.O=Cc1ccc(CO)o1.O=O. The number of rotatable bonds is 7. The van der Waals surface area contributed by atoms with Gasteiger partial charge in [-0.2, -0.15) is 0 Å². The number of aldehydes is 1. The molecule has 0 saturated carbocycles. The molecule has 0 bridgehead atoms. The molecule has 0 radical (unpaired) electrons. The molecule has 3 aromatic rings. The average Bonchev–Trinajstić information content (AvgIpc) is 3.60. The largest absolute Gasteiger partial charge is 0.475 e. The molecule has 0 amide bonds. The van der Waals surface area contributed by atoms with Crippen LogP contribution >= 0.6 is 0 Å². The third-order valence-corrected chi connectivity index (χ3v) is 3.27. The van der Waals surface area contributed by atoms with Gasteiger partial charge in [0.05, 0.1) is 0 Å². The van der Waals surface area contributed by atoms with Crippen LogP contribution in [0.4, 0.5) is 0 Å². The fourth-order valence-corrected chi connectivity index (χ4v) is 1.85. The van der Waals surface area contributed by atoms with Crippen LogP contribution in [0.25, 0.3) is 0 Å². The van der Waals surface area contributed by atoms with Crippen molar-refractivity contribution in [2.24, 2.45) is 0 Å². The summed E-state index contributed by atoms with van der Waals surface area (Å²) in [5, 5.41) is 33.5. The van der Waals surface area contributed by atoms with Gasteiger partial charge in [0.1, 0.15) is 24.7 Å². The highest BCUT2D eigenvalue weighted by Crippen LogP contribution is 2.09. The first kappa shape index (κ1) is 29.9. The monoisotopic (exact) mass is 498 g/mol. The number of esters is 1. The number of carbonyl (C=O) groups excluding carboxylic acids is 2. The van der Waals surface area contributed by atoms with E-state index >= 15 is 0 Å². The van der Waals surface area contributed by atoms with E-state index in [1.165, 1.54) is 25.1 Å². The lowest BCUT2D eigenvalue weighted by atomic mass is 10.4. The number of hydrogen-bond donors (Lipinski definition) is 4. The van der Waals surface area contributed by atoms with Crippen LogP contribution in [0.5, 0.6) is 0 Å². The third kappa shape index (κ3) is 11.4. The van der Waals surface area contributed by atoms with Gasteiger partial charge >= 0.3 is 23.9 Å². The van der Waals surface area contributed by atoms with Gasteiger partial charge in [0.2, 0.25) is 17.3 Å². The Hall–Kier alpha value is -5.05.